The van der Waals surface area contributed by atoms with Crippen molar-refractivity contribution in [3.05, 3.63) is 30.1 Å². The largest absolute Gasteiger partial charge is 0.326 e. The van der Waals surface area contributed by atoms with Crippen LogP contribution in [0.2, 0.25) is 0 Å². The van der Waals surface area contributed by atoms with Crippen LogP contribution >= 0.6 is 0 Å². The van der Waals surface area contributed by atoms with Crippen LogP contribution in [-0.4, -0.2) is 50.6 Å². The average Bonchev–Trinajstić information content (AvgIpc) is 2.50. The predicted octanol–water partition coefficient (Wildman–Crippen LogP) is 0.635. The van der Waals surface area contributed by atoms with Crippen LogP contribution < -0.4 is 10.6 Å². The first-order valence-electron chi connectivity index (χ1n) is 7.13. The Hall–Kier alpha value is -1.51. The van der Waals surface area contributed by atoms with Crippen LogP contribution in [0.15, 0.2) is 24.3 Å². The Balaban J connectivity index is 1.94. The topological polar surface area (TPSA) is 78.5 Å². The number of hydrogen-bond donors (Lipinski definition) is 2. The molecule has 1 unspecified atom stereocenters. The molecule has 6 nitrogen and oxygen atoms in total. The summed E-state index contributed by atoms with van der Waals surface area (Å²) in [7, 11) is -3.45. The van der Waals surface area contributed by atoms with E-state index in [1.807, 2.05) is 0 Å². The number of sulfonamides is 1. The smallest absolute Gasteiger partial charge is 0.228 e. The van der Waals surface area contributed by atoms with Gasteiger partial charge >= 0.3 is 0 Å². The summed E-state index contributed by atoms with van der Waals surface area (Å²) in [6.45, 7) is 3.66. The highest BCUT2D eigenvalue weighted by Crippen LogP contribution is 2.13. The molecule has 0 bridgehead atoms. The number of halogens is 1. The van der Waals surface area contributed by atoms with Gasteiger partial charge in [-0.15, -0.1) is 0 Å². The number of amides is 1. The summed E-state index contributed by atoms with van der Waals surface area (Å²) in [6, 6.07) is 5.34. The lowest BCUT2D eigenvalue weighted by Crippen LogP contribution is -2.48. The fourth-order valence-corrected chi connectivity index (χ4v) is 3.95. The molecule has 122 valence electrons. The molecule has 1 aliphatic rings. The highest BCUT2D eigenvalue weighted by molar-refractivity contribution is 7.89. The lowest BCUT2D eigenvalue weighted by Gasteiger charge is -2.27. The van der Waals surface area contributed by atoms with Gasteiger partial charge in [0.25, 0.3) is 0 Å². The van der Waals surface area contributed by atoms with Crippen molar-refractivity contribution in [3.8, 4) is 0 Å². The van der Waals surface area contributed by atoms with Crippen molar-refractivity contribution in [3.63, 3.8) is 0 Å². The Morgan fingerprint density at radius 1 is 1.32 bits per heavy atom. The maximum atomic E-state index is 12.8. The number of piperazine rings is 1. The van der Waals surface area contributed by atoms with Crippen LogP contribution in [0.1, 0.15) is 6.92 Å². The van der Waals surface area contributed by atoms with Crippen molar-refractivity contribution in [1.82, 2.24) is 9.62 Å². The summed E-state index contributed by atoms with van der Waals surface area (Å²) in [4.78, 5) is 12.1. The second-order valence-corrected chi connectivity index (χ2v) is 7.34. The normalized spacial score (nSPS) is 17.9. The molecule has 0 aromatic heterocycles. The van der Waals surface area contributed by atoms with E-state index < -0.39 is 27.7 Å². The van der Waals surface area contributed by atoms with E-state index in [2.05, 4.69) is 10.6 Å². The third-order valence-corrected chi connectivity index (χ3v) is 5.56. The number of carbonyl (C=O) groups excluding carboxylic acids is 1. The lowest BCUT2D eigenvalue weighted by atomic mass is 10.2. The SMILES string of the molecule is CC(CS(=O)(=O)N1CCNCC1)C(=O)Nc1ccc(F)cc1. The predicted molar refractivity (Wildman–Crippen MR) is 82.4 cm³/mol. The van der Waals surface area contributed by atoms with Crippen LogP contribution in [0, 0.1) is 11.7 Å². The standard InChI is InChI=1S/C14H20FN3O3S/c1-11(10-22(20,21)18-8-6-16-7-9-18)14(19)17-13-4-2-12(15)3-5-13/h2-5,11,16H,6-10H2,1H3,(H,17,19). The zero-order valence-corrected chi connectivity index (χ0v) is 13.2. The minimum atomic E-state index is -3.45. The molecular formula is C14H20FN3O3S. The number of hydrogen-bond acceptors (Lipinski definition) is 4. The molecule has 0 saturated carbocycles. The average molecular weight is 329 g/mol. The molecule has 2 rings (SSSR count). The lowest BCUT2D eigenvalue weighted by molar-refractivity contribution is -0.118. The van der Waals surface area contributed by atoms with Crippen LogP contribution in [-0.2, 0) is 14.8 Å². The third-order valence-electron chi connectivity index (χ3n) is 3.49. The quantitative estimate of drug-likeness (QED) is 0.831. The van der Waals surface area contributed by atoms with Crippen LogP contribution in [0.25, 0.3) is 0 Å². The number of nitrogens with one attached hydrogen (secondary N) is 2. The summed E-state index contributed by atoms with van der Waals surface area (Å²) in [5, 5.41) is 5.68. The fraction of sp³-hybridized carbons (Fsp3) is 0.500. The highest BCUT2D eigenvalue weighted by atomic mass is 32.2. The first-order chi connectivity index (χ1) is 10.4. The maximum Gasteiger partial charge on any atom is 0.228 e. The van der Waals surface area contributed by atoms with E-state index in [1.165, 1.54) is 28.6 Å². The number of rotatable bonds is 5. The van der Waals surface area contributed by atoms with Crippen LogP contribution in [0.3, 0.4) is 0 Å². The molecule has 1 saturated heterocycles. The van der Waals surface area contributed by atoms with Crippen molar-refractivity contribution in [2.75, 3.05) is 37.2 Å². The van der Waals surface area contributed by atoms with Crippen molar-refractivity contribution in [2.45, 2.75) is 6.92 Å². The van der Waals surface area contributed by atoms with E-state index in [1.54, 1.807) is 6.92 Å². The number of carbonyl (C=O) groups is 1. The Morgan fingerprint density at radius 2 is 1.91 bits per heavy atom. The van der Waals surface area contributed by atoms with Gasteiger partial charge in [-0.3, -0.25) is 4.79 Å². The molecule has 8 heteroatoms. The molecule has 1 aliphatic heterocycles. The third kappa shape index (κ3) is 4.49. The van der Waals surface area contributed by atoms with Crippen molar-refractivity contribution in [2.24, 2.45) is 5.92 Å². The summed E-state index contributed by atoms with van der Waals surface area (Å²) in [5.74, 6) is -1.72. The molecule has 1 amide bonds. The van der Waals surface area contributed by atoms with E-state index >= 15 is 0 Å². The molecule has 22 heavy (non-hydrogen) atoms. The van der Waals surface area contributed by atoms with Gasteiger partial charge in [0, 0.05) is 31.9 Å². The maximum absolute atomic E-state index is 12.8. The van der Waals surface area contributed by atoms with Gasteiger partial charge in [0.05, 0.1) is 11.7 Å². The summed E-state index contributed by atoms with van der Waals surface area (Å²) in [6.07, 6.45) is 0. The fourth-order valence-electron chi connectivity index (χ4n) is 2.22. The first-order valence-corrected chi connectivity index (χ1v) is 8.74. The second-order valence-electron chi connectivity index (χ2n) is 5.32. The highest BCUT2D eigenvalue weighted by Gasteiger charge is 2.28. The summed E-state index contributed by atoms with van der Waals surface area (Å²) >= 11 is 0. The molecule has 0 spiro atoms. The van der Waals surface area contributed by atoms with Gasteiger partial charge < -0.3 is 10.6 Å². The van der Waals surface area contributed by atoms with Gasteiger partial charge in [-0.2, -0.15) is 4.31 Å². The van der Waals surface area contributed by atoms with Gasteiger partial charge in [0.1, 0.15) is 5.82 Å². The molecule has 0 radical (unpaired) electrons. The first kappa shape index (κ1) is 16.9. The van der Waals surface area contributed by atoms with Gasteiger partial charge in [0.15, 0.2) is 0 Å². The summed E-state index contributed by atoms with van der Waals surface area (Å²) in [5.41, 5.74) is 0.442. The van der Waals surface area contributed by atoms with Crippen molar-refractivity contribution >= 4 is 21.6 Å². The Morgan fingerprint density at radius 3 is 2.50 bits per heavy atom. The van der Waals surface area contributed by atoms with Gasteiger partial charge in [-0.25, -0.2) is 12.8 Å². The molecule has 1 fully saturated rings. The molecule has 1 heterocycles. The number of benzene rings is 1. The second kappa shape index (κ2) is 7.17. The van der Waals surface area contributed by atoms with Crippen LogP contribution in [0.5, 0.6) is 0 Å². The molecule has 2 N–H and O–H groups in total. The zero-order chi connectivity index (χ0) is 16.2. The van der Waals surface area contributed by atoms with E-state index in [0.29, 0.717) is 31.9 Å². The summed E-state index contributed by atoms with van der Waals surface area (Å²) < 4.78 is 38.7. The Bertz CT molecular complexity index is 613. The Kier molecular flexibility index (Phi) is 5.49. The van der Waals surface area contributed by atoms with Crippen molar-refractivity contribution in [1.29, 1.82) is 0 Å². The molecule has 1 aromatic carbocycles. The van der Waals surface area contributed by atoms with E-state index in [9.17, 15) is 17.6 Å². The molecule has 1 aromatic rings. The molecular weight excluding hydrogens is 309 g/mol. The van der Waals surface area contributed by atoms with Gasteiger partial charge in [0.2, 0.25) is 15.9 Å². The minimum Gasteiger partial charge on any atom is -0.326 e. The monoisotopic (exact) mass is 329 g/mol. The van der Waals surface area contributed by atoms with E-state index in [4.69, 9.17) is 0 Å². The molecule has 1 atom stereocenters. The molecule has 0 aliphatic carbocycles. The number of anilines is 1. The Labute approximate surface area is 129 Å². The zero-order valence-electron chi connectivity index (χ0n) is 12.4. The van der Waals surface area contributed by atoms with E-state index in [0.717, 1.165) is 0 Å². The van der Waals surface area contributed by atoms with Gasteiger partial charge in [-0.1, -0.05) is 6.92 Å². The minimum absolute atomic E-state index is 0.236. The van der Waals surface area contributed by atoms with Crippen LogP contribution in [0.4, 0.5) is 10.1 Å². The van der Waals surface area contributed by atoms with Gasteiger partial charge in [-0.05, 0) is 24.3 Å². The van der Waals surface area contributed by atoms with Crippen molar-refractivity contribution < 1.29 is 17.6 Å². The number of nitrogens with zero attached hydrogens (tertiary/aromatic N) is 1. The van der Waals surface area contributed by atoms with E-state index in [-0.39, 0.29) is 5.75 Å².